The fraction of sp³-hybridized carbons (Fsp3) is 0. The average Bonchev–Trinajstić information content (AvgIpc) is 2.09. The Morgan fingerprint density at radius 2 is 2.08 bits per heavy atom. The third-order valence-corrected chi connectivity index (χ3v) is 2.29. The molecule has 2 heterocycles. The van der Waals surface area contributed by atoms with Crippen LogP contribution in [0.15, 0.2) is 18.3 Å². The predicted octanol–water partition coefficient (Wildman–Crippen LogP) is 2.64. The molecule has 0 bridgehead atoms. The first kappa shape index (κ1) is 8.53. The molecule has 0 radical (unpaired) electrons. The van der Waals surface area contributed by atoms with Gasteiger partial charge in [-0.3, -0.25) is 0 Å². The highest BCUT2D eigenvalue weighted by atomic mass is 35.5. The fourth-order valence-electron chi connectivity index (χ4n) is 1.01. The molecular weight excluding hydrogens is 211 g/mol. The normalized spacial score (nSPS) is 10.6. The molecule has 2 rings (SSSR count). The van der Waals surface area contributed by atoms with Crippen LogP contribution in [0.4, 0.5) is 0 Å². The molecule has 3 nitrogen and oxygen atoms in total. The average molecular weight is 215 g/mol. The summed E-state index contributed by atoms with van der Waals surface area (Å²) in [7, 11) is 0. The van der Waals surface area contributed by atoms with Crippen LogP contribution in [0.1, 0.15) is 0 Å². The van der Waals surface area contributed by atoms with Crippen LogP contribution in [0, 0.1) is 0 Å². The van der Waals surface area contributed by atoms with Crippen molar-refractivity contribution < 1.29 is 5.11 Å². The Morgan fingerprint density at radius 1 is 1.31 bits per heavy atom. The van der Waals surface area contributed by atoms with E-state index in [4.69, 9.17) is 23.2 Å². The molecule has 0 saturated carbocycles. The molecule has 0 aliphatic carbocycles. The molecule has 1 N–H and O–H groups in total. The molecule has 2 aromatic heterocycles. The molecule has 0 aromatic carbocycles. The van der Waals surface area contributed by atoms with E-state index in [1.54, 1.807) is 0 Å². The van der Waals surface area contributed by atoms with Crippen molar-refractivity contribution in [1.82, 2.24) is 9.97 Å². The van der Waals surface area contributed by atoms with E-state index in [0.29, 0.717) is 16.1 Å². The summed E-state index contributed by atoms with van der Waals surface area (Å²) in [5.41, 5.74) is 0.384. The van der Waals surface area contributed by atoms with Crippen molar-refractivity contribution in [3.8, 4) is 5.75 Å². The number of hydrogen-bond acceptors (Lipinski definition) is 3. The van der Waals surface area contributed by atoms with Gasteiger partial charge in [0.2, 0.25) is 0 Å². The molecule has 0 fully saturated rings. The van der Waals surface area contributed by atoms with Gasteiger partial charge in [0, 0.05) is 6.20 Å². The number of aromatic hydroxyl groups is 1. The van der Waals surface area contributed by atoms with E-state index >= 15 is 0 Å². The van der Waals surface area contributed by atoms with Gasteiger partial charge in [0.05, 0.1) is 10.4 Å². The van der Waals surface area contributed by atoms with Crippen molar-refractivity contribution in [3.05, 3.63) is 28.5 Å². The number of hydrogen-bond donors (Lipinski definition) is 1. The SMILES string of the molecule is Oc1ccnc2nc(Cl)c(Cl)cc12. The van der Waals surface area contributed by atoms with Crippen LogP contribution in [0.5, 0.6) is 5.75 Å². The Kier molecular flexibility index (Phi) is 1.98. The zero-order valence-corrected chi connectivity index (χ0v) is 7.84. The maximum absolute atomic E-state index is 9.40. The number of aromatic nitrogens is 2. The van der Waals surface area contributed by atoms with E-state index in [-0.39, 0.29) is 10.9 Å². The fourth-order valence-corrected chi connectivity index (χ4v) is 1.30. The van der Waals surface area contributed by atoms with Gasteiger partial charge in [-0.15, -0.1) is 0 Å². The number of fused-ring (bicyclic) bond motifs is 1. The molecule has 0 atom stereocenters. The number of pyridine rings is 2. The second-order valence-corrected chi connectivity index (χ2v) is 3.23. The Labute approximate surface area is 84.0 Å². The van der Waals surface area contributed by atoms with Gasteiger partial charge in [0.25, 0.3) is 0 Å². The Morgan fingerprint density at radius 3 is 2.85 bits per heavy atom. The molecule has 5 heteroatoms. The first-order valence-electron chi connectivity index (χ1n) is 3.48. The van der Waals surface area contributed by atoms with Crippen LogP contribution in [0.2, 0.25) is 10.2 Å². The van der Waals surface area contributed by atoms with Gasteiger partial charge in [-0.1, -0.05) is 23.2 Å². The van der Waals surface area contributed by atoms with Gasteiger partial charge in [-0.05, 0) is 12.1 Å². The van der Waals surface area contributed by atoms with Gasteiger partial charge in [-0.2, -0.15) is 0 Å². The lowest BCUT2D eigenvalue weighted by molar-refractivity contribution is 0.481. The molecule has 66 valence electrons. The van der Waals surface area contributed by atoms with E-state index in [1.807, 2.05) is 0 Å². The van der Waals surface area contributed by atoms with E-state index in [2.05, 4.69) is 9.97 Å². The number of halogens is 2. The minimum atomic E-state index is 0.0936. The summed E-state index contributed by atoms with van der Waals surface area (Å²) in [6.07, 6.45) is 1.45. The molecule has 0 aliphatic heterocycles. The zero-order valence-electron chi connectivity index (χ0n) is 6.33. The summed E-state index contributed by atoms with van der Waals surface area (Å²) in [5, 5.41) is 10.4. The Hall–Kier alpha value is -1.06. The van der Waals surface area contributed by atoms with Gasteiger partial charge >= 0.3 is 0 Å². The molecular formula is C8H4Cl2N2O. The number of nitrogens with zero attached hydrogens (tertiary/aromatic N) is 2. The third kappa shape index (κ3) is 1.41. The highest BCUT2D eigenvalue weighted by molar-refractivity contribution is 6.41. The minimum Gasteiger partial charge on any atom is -0.507 e. The van der Waals surface area contributed by atoms with Gasteiger partial charge in [0.1, 0.15) is 10.9 Å². The van der Waals surface area contributed by atoms with Gasteiger partial charge in [0.15, 0.2) is 5.65 Å². The molecule has 0 spiro atoms. The van der Waals surface area contributed by atoms with E-state index < -0.39 is 0 Å². The predicted molar refractivity (Wildman–Crippen MR) is 51.2 cm³/mol. The van der Waals surface area contributed by atoms with Crippen molar-refractivity contribution >= 4 is 34.2 Å². The zero-order chi connectivity index (χ0) is 9.42. The molecule has 2 aromatic rings. The molecule has 0 unspecified atom stereocenters. The van der Waals surface area contributed by atoms with Crippen molar-refractivity contribution in [1.29, 1.82) is 0 Å². The van der Waals surface area contributed by atoms with Crippen molar-refractivity contribution in [2.24, 2.45) is 0 Å². The lowest BCUT2D eigenvalue weighted by Crippen LogP contribution is -1.85. The highest BCUT2D eigenvalue weighted by Crippen LogP contribution is 2.28. The largest absolute Gasteiger partial charge is 0.507 e. The van der Waals surface area contributed by atoms with Crippen molar-refractivity contribution in [2.75, 3.05) is 0 Å². The summed E-state index contributed by atoms with van der Waals surface area (Å²) in [6.45, 7) is 0. The molecule has 0 aliphatic rings. The smallest absolute Gasteiger partial charge is 0.164 e. The number of rotatable bonds is 0. The standard InChI is InChI=1S/C8H4Cl2N2O/c9-5-3-4-6(13)1-2-11-8(4)12-7(5)10/h1-3H,(H,11,12,13). The van der Waals surface area contributed by atoms with Gasteiger partial charge in [-0.25, -0.2) is 9.97 Å². The minimum absolute atomic E-state index is 0.0936. The van der Waals surface area contributed by atoms with Gasteiger partial charge < -0.3 is 5.11 Å². The molecule has 0 amide bonds. The lowest BCUT2D eigenvalue weighted by Gasteiger charge is -2.00. The Balaban J connectivity index is 2.89. The highest BCUT2D eigenvalue weighted by Gasteiger charge is 2.06. The Bertz CT molecular complexity index is 473. The van der Waals surface area contributed by atoms with E-state index in [1.165, 1.54) is 18.3 Å². The van der Waals surface area contributed by atoms with Crippen molar-refractivity contribution in [3.63, 3.8) is 0 Å². The lowest BCUT2D eigenvalue weighted by atomic mass is 10.3. The monoisotopic (exact) mass is 214 g/mol. The van der Waals surface area contributed by atoms with Crippen LogP contribution in [0.3, 0.4) is 0 Å². The van der Waals surface area contributed by atoms with E-state index in [0.717, 1.165) is 0 Å². The second kappa shape index (κ2) is 3.01. The summed E-state index contributed by atoms with van der Waals surface area (Å²) in [4.78, 5) is 7.83. The van der Waals surface area contributed by atoms with E-state index in [9.17, 15) is 5.11 Å². The summed E-state index contributed by atoms with van der Waals surface area (Å²) < 4.78 is 0. The first-order valence-corrected chi connectivity index (χ1v) is 4.24. The van der Waals surface area contributed by atoms with Crippen LogP contribution in [-0.4, -0.2) is 15.1 Å². The quantitative estimate of drug-likeness (QED) is 0.687. The summed E-state index contributed by atoms with van der Waals surface area (Å²) in [6, 6.07) is 3.00. The maximum Gasteiger partial charge on any atom is 0.164 e. The molecule has 0 saturated heterocycles. The topological polar surface area (TPSA) is 46.0 Å². The second-order valence-electron chi connectivity index (χ2n) is 2.46. The van der Waals surface area contributed by atoms with Crippen molar-refractivity contribution in [2.45, 2.75) is 0 Å². The van der Waals surface area contributed by atoms with Crippen LogP contribution >= 0.6 is 23.2 Å². The van der Waals surface area contributed by atoms with Crippen LogP contribution in [0.25, 0.3) is 11.0 Å². The third-order valence-electron chi connectivity index (χ3n) is 1.62. The maximum atomic E-state index is 9.40. The van der Waals surface area contributed by atoms with Crippen LogP contribution in [-0.2, 0) is 0 Å². The summed E-state index contributed by atoms with van der Waals surface area (Å²) >= 11 is 11.4. The molecule has 13 heavy (non-hydrogen) atoms. The summed E-state index contributed by atoms with van der Waals surface area (Å²) in [5.74, 6) is 0.0936. The first-order chi connectivity index (χ1) is 6.18. The van der Waals surface area contributed by atoms with Crippen LogP contribution < -0.4 is 0 Å².